The van der Waals surface area contributed by atoms with Gasteiger partial charge < -0.3 is 70.0 Å². The summed E-state index contributed by atoms with van der Waals surface area (Å²) in [6.45, 7) is -3.84. The van der Waals surface area contributed by atoms with Gasteiger partial charge in [0.25, 0.3) is 0 Å². The van der Waals surface area contributed by atoms with E-state index in [1.54, 1.807) is 36.4 Å². The van der Waals surface area contributed by atoms with E-state index in [1.807, 2.05) is 0 Å². The molecule has 0 aliphatic carbocycles. The third kappa shape index (κ3) is 25.5. The Morgan fingerprint density at radius 2 is 1.00 bits per heavy atom. The van der Waals surface area contributed by atoms with E-state index in [2.05, 4.69) is 10.6 Å². The van der Waals surface area contributed by atoms with Crippen LogP contribution in [0.2, 0.25) is 0 Å². The van der Waals surface area contributed by atoms with Crippen molar-refractivity contribution in [2.75, 3.05) is 57.7 Å². The molecule has 1 atom stereocenters. The van der Waals surface area contributed by atoms with Crippen molar-refractivity contribution in [1.82, 2.24) is 20.0 Å². The normalized spacial score (nSPS) is 10.4. The number of nitrogens with one attached hydrogen (secondary N) is 2. The van der Waals surface area contributed by atoms with E-state index in [-0.39, 0.29) is 163 Å². The molecule has 0 saturated heterocycles. The molecule has 0 spiro atoms. The third-order valence-electron chi connectivity index (χ3n) is 6.82. The van der Waals surface area contributed by atoms with Gasteiger partial charge in [0, 0.05) is 64.6 Å². The number of carbonyl (C=O) groups excluding carboxylic acids is 6. The van der Waals surface area contributed by atoms with Gasteiger partial charge in [-0.25, -0.2) is 0 Å². The van der Waals surface area contributed by atoms with E-state index >= 15 is 0 Å². The number of hydrogen-bond donors (Lipinski definition) is 2. The van der Waals surface area contributed by atoms with Gasteiger partial charge in [0.1, 0.15) is 0 Å². The fourth-order valence-corrected chi connectivity index (χ4v) is 4.71. The van der Waals surface area contributed by atoms with Crippen molar-refractivity contribution in [1.29, 1.82) is 0 Å². The molecule has 0 saturated carbocycles. The molecule has 0 aliphatic rings. The van der Waals surface area contributed by atoms with Gasteiger partial charge in [0.05, 0.1) is 41.9 Å². The van der Waals surface area contributed by atoms with E-state index in [1.165, 1.54) is 17.0 Å². The molecular formula is C30H31Li6N5O12S. The van der Waals surface area contributed by atoms with Crippen LogP contribution in [0.1, 0.15) is 21.5 Å². The third-order valence-corrected chi connectivity index (χ3v) is 7.07. The zero-order valence-corrected chi connectivity index (χ0v) is 32.2. The van der Waals surface area contributed by atoms with E-state index in [4.69, 9.17) is 12.2 Å². The second kappa shape index (κ2) is 32.5. The minimum absolute atomic E-state index is 0. The number of nitrogens with zero attached hydrogens (tertiary/aromatic N) is 3. The number of carboxylic acids is 6. The maximum Gasteiger partial charge on any atom is 1.00 e. The molecule has 2 rings (SSSR count). The largest absolute Gasteiger partial charge is 1.00 e. The molecule has 1 unspecified atom stereocenters. The predicted molar refractivity (Wildman–Crippen MR) is 157 cm³/mol. The summed E-state index contributed by atoms with van der Waals surface area (Å²) in [5, 5.41) is 73.8. The van der Waals surface area contributed by atoms with Crippen molar-refractivity contribution in [2.45, 2.75) is 19.0 Å². The van der Waals surface area contributed by atoms with Crippen molar-refractivity contribution in [3.8, 4) is 0 Å². The Morgan fingerprint density at radius 1 is 0.574 bits per heavy atom. The van der Waals surface area contributed by atoms with Gasteiger partial charge in [0.2, 0.25) is 0 Å². The first kappa shape index (κ1) is 61.6. The molecule has 24 heteroatoms. The number of aromatic carboxylic acids is 1. The van der Waals surface area contributed by atoms with Crippen LogP contribution in [0.5, 0.6) is 0 Å². The number of anilines is 1. The van der Waals surface area contributed by atoms with Crippen molar-refractivity contribution < 1.29 is 173 Å². The monoisotopic (exact) mass is 727 g/mol. The number of aliphatic carboxylic acids is 5. The molecule has 2 aromatic carbocycles. The van der Waals surface area contributed by atoms with Gasteiger partial charge in [-0.1, -0.05) is 36.4 Å². The molecule has 54 heavy (non-hydrogen) atoms. The minimum atomic E-state index is -1.61. The second-order valence-corrected chi connectivity index (χ2v) is 10.9. The summed E-state index contributed by atoms with van der Waals surface area (Å²) in [5.74, 6) is -9.22. The van der Waals surface area contributed by atoms with Gasteiger partial charge in [-0.15, -0.1) is 0 Å². The summed E-state index contributed by atoms with van der Waals surface area (Å²) in [7, 11) is 0. The predicted octanol–water partition coefficient (Wildman–Crippen LogP) is -25.9. The Bertz CT molecular complexity index is 1470. The van der Waals surface area contributed by atoms with Gasteiger partial charge in [0.15, 0.2) is 5.11 Å². The van der Waals surface area contributed by atoms with Gasteiger partial charge >= 0.3 is 113 Å². The Kier molecular flexibility index (Phi) is 37.1. The average Bonchev–Trinajstić information content (AvgIpc) is 2.99. The first-order chi connectivity index (χ1) is 22.6. The number of hydrogen-bond acceptors (Lipinski definition) is 16. The SMILES string of the molecule is O=C([O-])CN(CCN(CC(=O)[O-])CC(=O)[O-])CCN(CC(=O)[O-])C(Cc1ccc(NC(=S)NCc2ccc(C(=O)[O-])cc2)cc1)C(=O)[O-].[Li+].[Li+].[Li+].[Li+].[Li+].[Li+]. The van der Waals surface area contributed by atoms with E-state index < -0.39 is 68.0 Å². The topological polar surface area (TPSA) is 275 Å². The Labute approximate surface area is 389 Å². The maximum atomic E-state index is 12.1. The van der Waals surface area contributed by atoms with Gasteiger partial charge in [-0.3, -0.25) is 14.7 Å². The summed E-state index contributed by atoms with van der Waals surface area (Å²) in [6, 6.07) is 10.8. The maximum absolute atomic E-state index is 12.1. The number of benzene rings is 2. The Balaban J connectivity index is -0.00000133. The minimum Gasteiger partial charge on any atom is -0.549 e. The fraction of sp³-hybridized carbons (Fsp3) is 0.367. The summed E-state index contributed by atoms with van der Waals surface area (Å²) >= 11 is 5.27. The first-order valence-corrected chi connectivity index (χ1v) is 14.7. The zero-order valence-electron chi connectivity index (χ0n) is 31.4. The average molecular weight is 727 g/mol. The summed E-state index contributed by atoms with van der Waals surface area (Å²) < 4.78 is 0. The van der Waals surface area contributed by atoms with Gasteiger partial charge in [-0.05, 0) is 47.5 Å². The Morgan fingerprint density at radius 3 is 1.44 bits per heavy atom. The molecule has 2 N–H and O–H groups in total. The number of carboxylic acid groups (broad SMARTS) is 6. The van der Waals surface area contributed by atoms with Crippen LogP contribution in [0.25, 0.3) is 0 Å². The van der Waals surface area contributed by atoms with Crippen LogP contribution in [-0.4, -0.2) is 114 Å². The standard InChI is InChI=1S/C30H37N5O12S.6Li/c36-24(37)15-33(9-10-34(16-25(38)39)17-26(40)41)11-12-35(18-27(42)43)23(29(46)47)13-19-3-7-22(8-4-19)32-30(48)31-14-20-1-5-21(6-2-20)28(44)45;;;;;;/h1-8,23H,9-18H2,(H,36,37)(H,38,39)(H,40,41)(H,42,43)(H,44,45)(H,46,47)(H2,31,32,48);;;;;;/q;6*+1/p-6. The first-order valence-electron chi connectivity index (χ1n) is 14.3. The van der Waals surface area contributed by atoms with Crippen LogP contribution in [0, 0.1) is 0 Å². The quantitative estimate of drug-likeness (QED) is 0.0841. The molecular weight excluding hydrogens is 696 g/mol. The number of carbonyl (C=O) groups is 6. The molecule has 0 radical (unpaired) electrons. The van der Waals surface area contributed by atoms with Crippen molar-refractivity contribution in [3.05, 3.63) is 65.2 Å². The van der Waals surface area contributed by atoms with Crippen molar-refractivity contribution in [2.24, 2.45) is 0 Å². The summed E-state index contributed by atoms with van der Waals surface area (Å²) in [5.41, 5.74) is 1.79. The van der Waals surface area contributed by atoms with Crippen molar-refractivity contribution in [3.63, 3.8) is 0 Å². The van der Waals surface area contributed by atoms with Crippen LogP contribution in [0.15, 0.2) is 48.5 Å². The van der Waals surface area contributed by atoms with Gasteiger partial charge in [-0.2, -0.15) is 0 Å². The molecule has 17 nitrogen and oxygen atoms in total. The number of rotatable bonds is 22. The van der Waals surface area contributed by atoms with Crippen LogP contribution < -0.4 is 154 Å². The molecule has 2 aromatic rings. The molecule has 0 fully saturated rings. The number of thiocarbonyl (C=S) groups is 1. The molecule has 0 bridgehead atoms. The molecule has 260 valence electrons. The molecule has 0 aliphatic heterocycles. The van der Waals surface area contributed by atoms with Crippen LogP contribution in [-0.2, 0) is 36.9 Å². The van der Waals surface area contributed by atoms with E-state index in [9.17, 15) is 59.4 Å². The summed E-state index contributed by atoms with van der Waals surface area (Å²) in [6.07, 6.45) is -0.216. The molecule has 0 aromatic heterocycles. The second-order valence-electron chi connectivity index (χ2n) is 10.5. The molecule has 0 heterocycles. The van der Waals surface area contributed by atoms with Crippen molar-refractivity contribution >= 4 is 58.8 Å². The summed E-state index contributed by atoms with van der Waals surface area (Å²) in [4.78, 5) is 70.9. The smallest absolute Gasteiger partial charge is 0.549 e. The van der Waals surface area contributed by atoms with E-state index in [0.29, 0.717) is 11.3 Å². The zero-order chi connectivity index (χ0) is 35.8. The van der Waals surface area contributed by atoms with E-state index in [0.717, 1.165) is 15.4 Å². The fourth-order valence-electron chi connectivity index (χ4n) is 4.52. The van der Waals surface area contributed by atoms with Crippen LogP contribution in [0.3, 0.4) is 0 Å². The van der Waals surface area contributed by atoms with Crippen LogP contribution in [0.4, 0.5) is 5.69 Å². The van der Waals surface area contributed by atoms with Crippen LogP contribution >= 0.6 is 12.2 Å². The Hall–Kier alpha value is -1.59. The molecule has 0 amide bonds.